The summed E-state index contributed by atoms with van der Waals surface area (Å²) < 4.78 is 32.7. The van der Waals surface area contributed by atoms with Crippen LogP contribution in [0.25, 0.3) is 0 Å². The van der Waals surface area contributed by atoms with Gasteiger partial charge in [-0.1, -0.05) is 31.2 Å². The summed E-state index contributed by atoms with van der Waals surface area (Å²) in [6, 6.07) is 18.0. The van der Waals surface area contributed by atoms with E-state index in [1.165, 1.54) is 6.20 Å². The van der Waals surface area contributed by atoms with E-state index < -0.39 is 10.0 Å². The summed E-state index contributed by atoms with van der Waals surface area (Å²) in [5, 5.41) is 3.20. The lowest BCUT2D eigenvalue weighted by Crippen LogP contribution is -2.13. The van der Waals surface area contributed by atoms with E-state index in [4.69, 9.17) is 4.74 Å². The van der Waals surface area contributed by atoms with Crippen LogP contribution in [0.4, 0.5) is 11.5 Å². The van der Waals surface area contributed by atoms with Crippen molar-refractivity contribution >= 4 is 21.5 Å². The van der Waals surface area contributed by atoms with E-state index >= 15 is 0 Å². The number of aryl methyl sites for hydroxylation is 1. The van der Waals surface area contributed by atoms with Crippen molar-refractivity contribution in [3.05, 3.63) is 78.0 Å². The summed E-state index contributed by atoms with van der Waals surface area (Å²) in [6.45, 7) is 2.63. The maximum Gasteiger partial charge on any atom is 0.261 e. The summed E-state index contributed by atoms with van der Waals surface area (Å²) >= 11 is 0. The number of sulfonamides is 1. The lowest BCUT2D eigenvalue weighted by atomic mass is 10.2. The van der Waals surface area contributed by atoms with Crippen molar-refractivity contribution in [3.63, 3.8) is 0 Å². The molecule has 3 rings (SSSR count). The number of ether oxygens (including phenoxy) is 1. The second kappa shape index (κ2) is 8.75. The molecule has 1 aromatic heterocycles. The summed E-state index contributed by atoms with van der Waals surface area (Å²) in [7, 11) is -2.00. The predicted molar refractivity (Wildman–Crippen MR) is 111 cm³/mol. The van der Waals surface area contributed by atoms with Gasteiger partial charge >= 0.3 is 0 Å². The topological polar surface area (TPSA) is 80.3 Å². The number of aromatic nitrogens is 1. The smallest absolute Gasteiger partial charge is 0.261 e. The third-order valence-electron chi connectivity index (χ3n) is 4.29. The minimum Gasteiger partial charge on any atom is -0.497 e. The largest absolute Gasteiger partial charge is 0.497 e. The van der Waals surface area contributed by atoms with Gasteiger partial charge < -0.3 is 10.1 Å². The van der Waals surface area contributed by atoms with E-state index in [0.29, 0.717) is 18.1 Å². The van der Waals surface area contributed by atoms with Crippen molar-refractivity contribution in [3.8, 4) is 5.75 Å². The normalized spacial score (nSPS) is 11.1. The Morgan fingerprint density at radius 2 is 1.61 bits per heavy atom. The molecule has 1 heterocycles. The molecule has 0 radical (unpaired) electrons. The molecule has 0 aliphatic rings. The minimum atomic E-state index is -3.64. The molecule has 0 atom stereocenters. The quantitative estimate of drug-likeness (QED) is 0.599. The third-order valence-corrected chi connectivity index (χ3v) is 5.69. The minimum absolute atomic E-state index is 0.228. The highest BCUT2D eigenvalue weighted by Gasteiger charge is 2.14. The SMILES string of the molecule is CCc1ccc(S(=O)(=O)Nc2ccc(NCc3ccc(OC)cc3)nc2)cc1. The first-order chi connectivity index (χ1) is 13.5. The van der Waals surface area contributed by atoms with Gasteiger partial charge in [-0.15, -0.1) is 0 Å². The van der Waals surface area contributed by atoms with Crippen molar-refractivity contribution in [1.29, 1.82) is 0 Å². The molecule has 0 spiro atoms. The van der Waals surface area contributed by atoms with Gasteiger partial charge in [0.2, 0.25) is 0 Å². The molecule has 6 nitrogen and oxygen atoms in total. The number of rotatable bonds is 8. The molecule has 3 aromatic rings. The summed E-state index contributed by atoms with van der Waals surface area (Å²) in [4.78, 5) is 4.50. The lowest BCUT2D eigenvalue weighted by Gasteiger charge is -2.10. The van der Waals surface area contributed by atoms with Gasteiger partial charge in [-0.3, -0.25) is 4.72 Å². The van der Waals surface area contributed by atoms with Crippen molar-refractivity contribution in [2.45, 2.75) is 24.8 Å². The standard InChI is InChI=1S/C21H23N3O3S/c1-3-16-6-11-20(12-7-16)28(25,26)24-18-8-13-21(23-15-18)22-14-17-4-9-19(27-2)10-5-17/h4-13,15,24H,3,14H2,1-2H3,(H,22,23). The third kappa shape index (κ3) is 5.01. The molecule has 2 N–H and O–H groups in total. The Morgan fingerprint density at radius 1 is 0.929 bits per heavy atom. The zero-order valence-corrected chi connectivity index (χ0v) is 16.7. The van der Waals surface area contributed by atoms with Gasteiger partial charge in [-0.2, -0.15) is 0 Å². The fraction of sp³-hybridized carbons (Fsp3) is 0.190. The van der Waals surface area contributed by atoms with Gasteiger partial charge in [-0.25, -0.2) is 13.4 Å². The van der Waals surface area contributed by atoms with Crippen LogP contribution in [0.5, 0.6) is 5.75 Å². The molecule has 0 aliphatic heterocycles. The van der Waals surface area contributed by atoms with E-state index in [-0.39, 0.29) is 4.90 Å². The van der Waals surface area contributed by atoms with E-state index in [1.54, 1.807) is 31.4 Å². The highest BCUT2D eigenvalue weighted by atomic mass is 32.2. The van der Waals surface area contributed by atoms with Gasteiger partial charge in [0.15, 0.2) is 0 Å². The Labute approximate surface area is 165 Å². The van der Waals surface area contributed by atoms with Crippen LogP contribution in [0, 0.1) is 0 Å². The molecule has 0 saturated carbocycles. The first kappa shape index (κ1) is 19.7. The Kier molecular flexibility index (Phi) is 6.16. The van der Waals surface area contributed by atoms with Crippen LogP contribution in [-0.4, -0.2) is 20.5 Å². The number of methoxy groups -OCH3 is 1. The van der Waals surface area contributed by atoms with Crippen molar-refractivity contribution in [2.75, 3.05) is 17.1 Å². The first-order valence-corrected chi connectivity index (χ1v) is 10.4. The van der Waals surface area contributed by atoms with Gasteiger partial charge in [0.05, 0.1) is 23.9 Å². The zero-order chi connectivity index (χ0) is 20.0. The lowest BCUT2D eigenvalue weighted by molar-refractivity contribution is 0.414. The molecule has 0 amide bonds. The highest BCUT2D eigenvalue weighted by molar-refractivity contribution is 7.92. The fourth-order valence-corrected chi connectivity index (χ4v) is 3.66. The van der Waals surface area contributed by atoms with Gasteiger partial charge in [0.1, 0.15) is 11.6 Å². The summed E-state index contributed by atoms with van der Waals surface area (Å²) in [5.41, 5.74) is 2.59. The predicted octanol–water partition coefficient (Wildman–Crippen LogP) is 4.07. The van der Waals surface area contributed by atoms with Crippen LogP contribution in [-0.2, 0) is 23.0 Å². The zero-order valence-electron chi connectivity index (χ0n) is 15.8. The number of benzene rings is 2. The van der Waals surface area contributed by atoms with Crippen molar-refractivity contribution in [1.82, 2.24) is 4.98 Å². The molecule has 0 fully saturated rings. The highest BCUT2D eigenvalue weighted by Crippen LogP contribution is 2.18. The van der Waals surface area contributed by atoms with Crippen molar-refractivity contribution in [2.24, 2.45) is 0 Å². The van der Waals surface area contributed by atoms with Crippen LogP contribution in [0.3, 0.4) is 0 Å². The molecule has 0 unspecified atom stereocenters. The van der Waals surface area contributed by atoms with Gasteiger partial charge in [-0.05, 0) is 53.9 Å². The Bertz CT molecular complexity index is 1000. The van der Waals surface area contributed by atoms with Gasteiger partial charge in [0.25, 0.3) is 10.0 Å². The first-order valence-electron chi connectivity index (χ1n) is 8.95. The molecule has 0 aliphatic carbocycles. The second-order valence-corrected chi connectivity index (χ2v) is 7.92. The number of hydrogen-bond donors (Lipinski definition) is 2. The molecule has 0 bridgehead atoms. The molecular weight excluding hydrogens is 374 g/mol. The Balaban J connectivity index is 1.61. The number of nitrogens with zero attached hydrogens (tertiary/aromatic N) is 1. The van der Waals surface area contributed by atoms with E-state index in [9.17, 15) is 8.42 Å². The Morgan fingerprint density at radius 3 is 2.18 bits per heavy atom. The maximum absolute atomic E-state index is 12.5. The van der Waals surface area contributed by atoms with Gasteiger partial charge in [0, 0.05) is 6.54 Å². The average molecular weight is 398 g/mol. The molecular formula is C21H23N3O3S. The average Bonchev–Trinajstić information content (AvgIpc) is 2.73. The number of pyridine rings is 1. The number of hydrogen-bond acceptors (Lipinski definition) is 5. The van der Waals surface area contributed by atoms with Crippen LogP contribution in [0.1, 0.15) is 18.1 Å². The second-order valence-electron chi connectivity index (χ2n) is 6.24. The van der Waals surface area contributed by atoms with E-state index in [0.717, 1.165) is 23.3 Å². The number of nitrogens with one attached hydrogen (secondary N) is 2. The van der Waals surface area contributed by atoms with Crippen LogP contribution in [0.15, 0.2) is 71.8 Å². The monoisotopic (exact) mass is 397 g/mol. The van der Waals surface area contributed by atoms with Crippen molar-refractivity contribution < 1.29 is 13.2 Å². The number of anilines is 2. The van der Waals surface area contributed by atoms with Crippen LogP contribution >= 0.6 is 0 Å². The van der Waals surface area contributed by atoms with Crippen LogP contribution < -0.4 is 14.8 Å². The molecule has 0 saturated heterocycles. The molecule has 2 aromatic carbocycles. The fourth-order valence-electron chi connectivity index (χ4n) is 2.61. The maximum atomic E-state index is 12.5. The van der Waals surface area contributed by atoms with E-state index in [1.807, 2.05) is 43.3 Å². The molecule has 146 valence electrons. The summed E-state index contributed by atoms with van der Waals surface area (Å²) in [6.07, 6.45) is 2.36. The summed E-state index contributed by atoms with van der Waals surface area (Å²) in [5.74, 6) is 1.47. The molecule has 7 heteroatoms. The van der Waals surface area contributed by atoms with E-state index in [2.05, 4.69) is 15.0 Å². The van der Waals surface area contributed by atoms with Crippen LogP contribution in [0.2, 0.25) is 0 Å². The Hall–Kier alpha value is -3.06. The molecule has 28 heavy (non-hydrogen) atoms.